The van der Waals surface area contributed by atoms with E-state index in [0.717, 1.165) is 42.6 Å². The Labute approximate surface area is 128 Å². The number of aromatic nitrogens is 2. The number of pyridine rings is 2. The Morgan fingerprint density at radius 1 is 1.19 bits per heavy atom. The highest BCUT2D eigenvalue weighted by Gasteiger charge is 2.20. The Hall–Kier alpha value is -1.94. The van der Waals surface area contributed by atoms with Crippen LogP contribution in [0, 0.1) is 0 Å². The van der Waals surface area contributed by atoms with E-state index in [9.17, 15) is 4.79 Å². The van der Waals surface area contributed by atoms with Crippen LogP contribution in [0.2, 0.25) is 5.02 Å². The summed E-state index contributed by atoms with van der Waals surface area (Å²) in [6.45, 7) is 1.57. The predicted octanol–water partition coefficient (Wildman–Crippen LogP) is 3.96. The molecule has 0 amide bonds. The number of Topliss-reactive ketones (excluding diaryl/α,β-unsaturated/α-hetero) is 1. The van der Waals surface area contributed by atoms with Crippen LogP contribution in [0.25, 0.3) is 0 Å². The van der Waals surface area contributed by atoms with E-state index in [-0.39, 0.29) is 5.78 Å². The third-order valence-electron chi connectivity index (χ3n) is 3.72. The minimum absolute atomic E-state index is 0.0316. The van der Waals surface area contributed by atoms with Crippen LogP contribution in [0.15, 0.2) is 24.7 Å². The molecule has 2 aromatic heterocycles. The molecule has 1 aliphatic rings. The van der Waals surface area contributed by atoms with Crippen molar-refractivity contribution in [3.8, 4) is 0 Å². The molecule has 2 heterocycles. The number of fused-ring (bicyclic) bond motifs is 1. The fourth-order valence-corrected chi connectivity index (χ4v) is 2.97. The van der Waals surface area contributed by atoms with Crippen LogP contribution in [0.5, 0.6) is 0 Å². The molecule has 0 atom stereocenters. The molecule has 0 spiro atoms. The Bertz CT molecular complexity index is 700. The summed E-state index contributed by atoms with van der Waals surface area (Å²) in [5.41, 5.74) is 4.67. The highest BCUT2D eigenvalue weighted by atomic mass is 35.5. The summed E-state index contributed by atoms with van der Waals surface area (Å²) in [5, 5.41) is 3.90. The van der Waals surface area contributed by atoms with Gasteiger partial charge in [0, 0.05) is 13.1 Å². The van der Waals surface area contributed by atoms with Crippen molar-refractivity contribution >= 4 is 28.8 Å². The number of halogens is 1. The van der Waals surface area contributed by atoms with E-state index < -0.39 is 0 Å². The quantitative estimate of drug-likeness (QED) is 0.872. The average Bonchev–Trinajstić information content (AvgIpc) is 2.47. The normalized spacial score (nSPS) is 13.6. The first-order chi connectivity index (χ1) is 10.1. The number of ketones is 1. The summed E-state index contributed by atoms with van der Waals surface area (Å²) < 4.78 is 0. The lowest BCUT2D eigenvalue weighted by atomic mass is 9.89. The van der Waals surface area contributed by atoms with Gasteiger partial charge in [-0.2, -0.15) is 0 Å². The summed E-state index contributed by atoms with van der Waals surface area (Å²) >= 11 is 5.96. The molecule has 0 aliphatic heterocycles. The summed E-state index contributed by atoms with van der Waals surface area (Å²) in [6.07, 6.45) is 9.18. The van der Waals surface area contributed by atoms with Crippen LogP contribution >= 0.6 is 11.6 Å². The zero-order chi connectivity index (χ0) is 14.8. The van der Waals surface area contributed by atoms with Crippen LogP contribution in [0.3, 0.4) is 0 Å². The summed E-state index contributed by atoms with van der Waals surface area (Å²) in [7, 11) is 0. The molecule has 5 heteroatoms. The van der Waals surface area contributed by atoms with Crippen molar-refractivity contribution in [3.63, 3.8) is 0 Å². The first kappa shape index (κ1) is 14.0. The van der Waals surface area contributed by atoms with Gasteiger partial charge in [-0.1, -0.05) is 11.6 Å². The van der Waals surface area contributed by atoms with Crippen molar-refractivity contribution in [3.05, 3.63) is 46.5 Å². The van der Waals surface area contributed by atoms with E-state index in [0.29, 0.717) is 10.7 Å². The molecule has 0 radical (unpaired) electrons. The van der Waals surface area contributed by atoms with E-state index in [1.54, 1.807) is 25.5 Å². The SMILES string of the molecule is CC(=O)c1ncc(Nc2cncc(Cl)c2)c2c1CCCC2. The van der Waals surface area contributed by atoms with Gasteiger partial charge in [-0.15, -0.1) is 0 Å². The fourth-order valence-electron chi connectivity index (χ4n) is 2.80. The van der Waals surface area contributed by atoms with Gasteiger partial charge in [0.1, 0.15) is 5.69 Å². The number of hydrogen-bond donors (Lipinski definition) is 1. The zero-order valence-electron chi connectivity index (χ0n) is 11.8. The number of carbonyl (C=O) groups is 1. The first-order valence-corrected chi connectivity index (χ1v) is 7.42. The number of rotatable bonds is 3. The first-order valence-electron chi connectivity index (χ1n) is 7.04. The van der Waals surface area contributed by atoms with Gasteiger partial charge >= 0.3 is 0 Å². The second kappa shape index (κ2) is 5.82. The van der Waals surface area contributed by atoms with Crippen LogP contribution in [0.4, 0.5) is 11.4 Å². The number of carbonyl (C=O) groups excluding carboxylic acids is 1. The van der Waals surface area contributed by atoms with Crippen molar-refractivity contribution < 1.29 is 4.79 Å². The molecular formula is C16H16ClN3O. The van der Waals surface area contributed by atoms with E-state index in [1.807, 2.05) is 6.07 Å². The molecule has 1 N–H and O–H groups in total. The fraction of sp³-hybridized carbons (Fsp3) is 0.312. The summed E-state index contributed by atoms with van der Waals surface area (Å²) in [6, 6.07) is 1.82. The van der Waals surface area contributed by atoms with E-state index in [1.165, 1.54) is 5.56 Å². The number of nitrogens with one attached hydrogen (secondary N) is 1. The average molecular weight is 302 g/mol. The highest BCUT2D eigenvalue weighted by Crippen LogP contribution is 2.31. The molecule has 1 aliphatic carbocycles. The van der Waals surface area contributed by atoms with Crippen molar-refractivity contribution in [1.82, 2.24) is 9.97 Å². The molecule has 108 valence electrons. The molecule has 4 nitrogen and oxygen atoms in total. The summed E-state index contributed by atoms with van der Waals surface area (Å²) in [5.74, 6) is 0.0316. The Morgan fingerprint density at radius 3 is 2.67 bits per heavy atom. The molecule has 2 aromatic rings. The molecule has 0 saturated heterocycles. The van der Waals surface area contributed by atoms with E-state index in [4.69, 9.17) is 11.6 Å². The Kier molecular flexibility index (Phi) is 3.88. The van der Waals surface area contributed by atoms with Gasteiger partial charge in [-0.25, -0.2) is 0 Å². The van der Waals surface area contributed by atoms with Gasteiger partial charge in [-0.3, -0.25) is 14.8 Å². The van der Waals surface area contributed by atoms with E-state index in [2.05, 4.69) is 15.3 Å². The third-order valence-corrected chi connectivity index (χ3v) is 3.93. The minimum Gasteiger partial charge on any atom is -0.353 e. The lowest BCUT2D eigenvalue weighted by Crippen LogP contribution is -2.13. The van der Waals surface area contributed by atoms with Gasteiger partial charge in [0.25, 0.3) is 0 Å². The van der Waals surface area contributed by atoms with Gasteiger partial charge in [0.05, 0.1) is 28.8 Å². The second-order valence-electron chi connectivity index (χ2n) is 5.26. The van der Waals surface area contributed by atoms with Gasteiger partial charge in [0.15, 0.2) is 5.78 Å². The monoisotopic (exact) mass is 301 g/mol. The maximum atomic E-state index is 11.7. The predicted molar refractivity (Wildman–Crippen MR) is 83.4 cm³/mol. The number of anilines is 2. The molecule has 3 rings (SSSR count). The summed E-state index contributed by atoms with van der Waals surface area (Å²) in [4.78, 5) is 20.1. The molecule has 0 unspecified atom stereocenters. The van der Waals surface area contributed by atoms with E-state index >= 15 is 0 Å². The van der Waals surface area contributed by atoms with Gasteiger partial charge in [-0.05, 0) is 42.9 Å². The van der Waals surface area contributed by atoms with Crippen LogP contribution < -0.4 is 5.32 Å². The minimum atomic E-state index is 0.0316. The molecule has 0 aromatic carbocycles. The maximum Gasteiger partial charge on any atom is 0.178 e. The van der Waals surface area contributed by atoms with Crippen molar-refractivity contribution in [2.24, 2.45) is 0 Å². The lowest BCUT2D eigenvalue weighted by molar-refractivity contribution is 0.101. The van der Waals surface area contributed by atoms with Crippen molar-refractivity contribution in [2.75, 3.05) is 5.32 Å². The largest absolute Gasteiger partial charge is 0.353 e. The molecule has 0 fully saturated rings. The number of nitrogens with zero attached hydrogens (tertiary/aromatic N) is 2. The molecule has 0 bridgehead atoms. The molecular weight excluding hydrogens is 286 g/mol. The van der Waals surface area contributed by atoms with Crippen LogP contribution in [0.1, 0.15) is 41.4 Å². The molecule has 21 heavy (non-hydrogen) atoms. The smallest absolute Gasteiger partial charge is 0.178 e. The topological polar surface area (TPSA) is 54.9 Å². The van der Waals surface area contributed by atoms with Crippen molar-refractivity contribution in [1.29, 1.82) is 0 Å². The molecule has 0 saturated carbocycles. The van der Waals surface area contributed by atoms with Crippen molar-refractivity contribution in [2.45, 2.75) is 32.6 Å². The lowest BCUT2D eigenvalue weighted by Gasteiger charge is -2.21. The highest BCUT2D eigenvalue weighted by molar-refractivity contribution is 6.30. The number of hydrogen-bond acceptors (Lipinski definition) is 4. The van der Waals surface area contributed by atoms with Crippen LogP contribution in [-0.2, 0) is 12.8 Å². The van der Waals surface area contributed by atoms with Crippen LogP contribution in [-0.4, -0.2) is 15.8 Å². The maximum absolute atomic E-state index is 11.7. The third kappa shape index (κ3) is 2.90. The Morgan fingerprint density at radius 2 is 1.95 bits per heavy atom. The van der Waals surface area contributed by atoms with Gasteiger partial charge < -0.3 is 5.32 Å². The Balaban J connectivity index is 2.01. The van der Waals surface area contributed by atoms with Gasteiger partial charge in [0.2, 0.25) is 0 Å². The second-order valence-corrected chi connectivity index (χ2v) is 5.69. The standard InChI is InChI=1S/C16H16ClN3O/c1-10(21)16-14-5-3-2-4-13(14)15(9-19-16)20-12-6-11(17)7-18-8-12/h6-9,20H,2-5H2,1H3. The zero-order valence-corrected chi connectivity index (χ0v) is 12.6.